The molecule has 0 aromatic carbocycles. The van der Waals surface area contributed by atoms with Crippen molar-refractivity contribution in [1.82, 2.24) is 9.80 Å². The molecule has 0 aliphatic carbocycles. The lowest BCUT2D eigenvalue weighted by Gasteiger charge is -2.23. The maximum atomic E-state index is 2.45. The molecule has 0 rings (SSSR count). The molecule has 0 fully saturated rings. The van der Waals surface area contributed by atoms with E-state index in [0.717, 1.165) is 13.2 Å². The SMILES string of the molecule is CCCCC/C=C/CN(C)CN(C)CCCCCCCC. The van der Waals surface area contributed by atoms with Crippen LogP contribution < -0.4 is 0 Å². The third-order valence-corrected chi connectivity index (χ3v) is 3.93. The van der Waals surface area contributed by atoms with Crippen LogP contribution in [0, 0.1) is 0 Å². The van der Waals surface area contributed by atoms with Crippen LogP contribution in [0.2, 0.25) is 0 Å². The van der Waals surface area contributed by atoms with Crippen LogP contribution in [0.4, 0.5) is 0 Å². The van der Waals surface area contributed by atoms with E-state index in [2.05, 4.69) is 49.9 Å². The van der Waals surface area contributed by atoms with E-state index in [0.29, 0.717) is 0 Å². The van der Waals surface area contributed by atoms with Crippen LogP contribution in [-0.4, -0.2) is 43.7 Å². The number of hydrogen-bond acceptors (Lipinski definition) is 2. The molecule has 0 aliphatic rings. The molecular formula is C19H40N2. The molecule has 126 valence electrons. The van der Waals surface area contributed by atoms with Crippen molar-refractivity contribution in [2.75, 3.05) is 33.9 Å². The van der Waals surface area contributed by atoms with Crippen LogP contribution in [0.1, 0.15) is 78.1 Å². The minimum Gasteiger partial charge on any atom is -0.294 e. The lowest BCUT2D eigenvalue weighted by Crippen LogP contribution is -2.33. The fraction of sp³-hybridized carbons (Fsp3) is 0.895. The highest BCUT2D eigenvalue weighted by molar-refractivity contribution is 4.84. The van der Waals surface area contributed by atoms with Crippen LogP contribution in [0.15, 0.2) is 12.2 Å². The number of nitrogens with zero attached hydrogens (tertiary/aromatic N) is 2. The molecule has 0 saturated carbocycles. The van der Waals surface area contributed by atoms with Crippen LogP contribution in [-0.2, 0) is 0 Å². The number of unbranched alkanes of at least 4 members (excludes halogenated alkanes) is 8. The molecule has 0 aromatic heterocycles. The summed E-state index contributed by atoms with van der Waals surface area (Å²) in [5.74, 6) is 0. The molecule has 21 heavy (non-hydrogen) atoms. The first-order valence-corrected chi connectivity index (χ1v) is 9.22. The zero-order valence-electron chi connectivity index (χ0n) is 15.2. The van der Waals surface area contributed by atoms with Crippen molar-refractivity contribution in [3.8, 4) is 0 Å². The summed E-state index contributed by atoms with van der Waals surface area (Å²) in [5.41, 5.74) is 0. The Labute approximate surface area is 134 Å². The second-order valence-electron chi connectivity index (χ2n) is 6.49. The van der Waals surface area contributed by atoms with Crippen LogP contribution in [0.5, 0.6) is 0 Å². The van der Waals surface area contributed by atoms with Gasteiger partial charge in [-0.1, -0.05) is 70.9 Å². The van der Waals surface area contributed by atoms with Crippen LogP contribution in [0.25, 0.3) is 0 Å². The van der Waals surface area contributed by atoms with Crippen molar-refractivity contribution < 1.29 is 0 Å². The van der Waals surface area contributed by atoms with Gasteiger partial charge < -0.3 is 0 Å². The van der Waals surface area contributed by atoms with Crippen LogP contribution in [0.3, 0.4) is 0 Å². The van der Waals surface area contributed by atoms with Crippen molar-refractivity contribution >= 4 is 0 Å². The molecule has 0 heterocycles. The minimum atomic E-state index is 1.08. The molecule has 0 amide bonds. The predicted octanol–water partition coefficient (Wildman–Crippen LogP) is 5.30. The normalized spacial score (nSPS) is 12.1. The molecular weight excluding hydrogens is 256 g/mol. The highest BCUT2D eigenvalue weighted by Crippen LogP contribution is 2.05. The first kappa shape index (κ1) is 20.7. The number of likely N-dealkylation sites (N-methyl/N-ethyl adjacent to an activating group) is 1. The highest BCUT2D eigenvalue weighted by Gasteiger charge is 2.01. The summed E-state index contributed by atoms with van der Waals surface area (Å²) in [6.07, 6.45) is 18.3. The lowest BCUT2D eigenvalue weighted by molar-refractivity contribution is 0.193. The summed E-state index contributed by atoms with van der Waals surface area (Å²) >= 11 is 0. The van der Waals surface area contributed by atoms with Gasteiger partial charge in [0.15, 0.2) is 0 Å². The summed E-state index contributed by atoms with van der Waals surface area (Å²) < 4.78 is 0. The maximum absolute atomic E-state index is 2.45. The molecule has 0 aromatic rings. The van der Waals surface area contributed by atoms with Crippen molar-refractivity contribution in [1.29, 1.82) is 0 Å². The fourth-order valence-electron chi connectivity index (χ4n) is 2.59. The van der Waals surface area contributed by atoms with E-state index in [9.17, 15) is 0 Å². The van der Waals surface area contributed by atoms with Gasteiger partial charge in [0.2, 0.25) is 0 Å². The Bertz CT molecular complexity index is 226. The number of hydrogen-bond donors (Lipinski definition) is 0. The second-order valence-corrected chi connectivity index (χ2v) is 6.49. The zero-order chi connectivity index (χ0) is 15.8. The monoisotopic (exact) mass is 296 g/mol. The Hall–Kier alpha value is -0.340. The fourth-order valence-corrected chi connectivity index (χ4v) is 2.59. The maximum Gasteiger partial charge on any atom is 0.0503 e. The quantitative estimate of drug-likeness (QED) is 0.230. The van der Waals surface area contributed by atoms with Gasteiger partial charge in [-0.05, 0) is 39.9 Å². The van der Waals surface area contributed by atoms with Gasteiger partial charge in [0, 0.05) is 6.54 Å². The highest BCUT2D eigenvalue weighted by atomic mass is 15.3. The molecule has 0 atom stereocenters. The average molecular weight is 297 g/mol. The summed E-state index contributed by atoms with van der Waals surface area (Å²) in [6.45, 7) is 7.93. The van der Waals surface area contributed by atoms with Gasteiger partial charge in [-0.3, -0.25) is 9.80 Å². The van der Waals surface area contributed by atoms with E-state index in [4.69, 9.17) is 0 Å². The van der Waals surface area contributed by atoms with E-state index >= 15 is 0 Å². The van der Waals surface area contributed by atoms with Crippen molar-refractivity contribution in [2.45, 2.75) is 78.1 Å². The molecule has 0 bridgehead atoms. The van der Waals surface area contributed by atoms with Gasteiger partial charge in [0.05, 0.1) is 6.67 Å². The van der Waals surface area contributed by atoms with E-state index < -0.39 is 0 Å². The van der Waals surface area contributed by atoms with Gasteiger partial charge in [0.25, 0.3) is 0 Å². The van der Waals surface area contributed by atoms with Gasteiger partial charge in [0.1, 0.15) is 0 Å². The third-order valence-electron chi connectivity index (χ3n) is 3.93. The largest absolute Gasteiger partial charge is 0.294 e. The summed E-state index contributed by atoms with van der Waals surface area (Å²) in [4.78, 5) is 4.85. The predicted molar refractivity (Wildman–Crippen MR) is 96.8 cm³/mol. The molecule has 0 spiro atoms. The first-order valence-electron chi connectivity index (χ1n) is 9.22. The van der Waals surface area contributed by atoms with Gasteiger partial charge in [-0.15, -0.1) is 0 Å². The molecule has 2 heteroatoms. The summed E-state index contributed by atoms with van der Waals surface area (Å²) in [6, 6.07) is 0. The Morgan fingerprint density at radius 3 is 2.00 bits per heavy atom. The van der Waals surface area contributed by atoms with Crippen LogP contribution >= 0.6 is 0 Å². The molecule has 0 radical (unpaired) electrons. The van der Waals surface area contributed by atoms with Gasteiger partial charge >= 0.3 is 0 Å². The van der Waals surface area contributed by atoms with Gasteiger partial charge in [-0.2, -0.15) is 0 Å². The Morgan fingerprint density at radius 2 is 1.29 bits per heavy atom. The van der Waals surface area contributed by atoms with E-state index in [1.165, 1.54) is 70.8 Å². The Morgan fingerprint density at radius 1 is 0.667 bits per heavy atom. The average Bonchev–Trinajstić information content (AvgIpc) is 2.46. The standard InChI is InChI=1S/C19H40N2/c1-5-7-9-11-13-15-17-20(3)19-21(4)18-16-14-12-10-8-6-2/h13,15H,5-12,14,16-19H2,1-4H3/b15-13+. The zero-order valence-corrected chi connectivity index (χ0v) is 15.2. The molecule has 0 saturated heterocycles. The number of allylic oxidation sites excluding steroid dienone is 1. The van der Waals surface area contributed by atoms with Crippen molar-refractivity contribution in [2.24, 2.45) is 0 Å². The van der Waals surface area contributed by atoms with Gasteiger partial charge in [-0.25, -0.2) is 0 Å². The van der Waals surface area contributed by atoms with E-state index in [-0.39, 0.29) is 0 Å². The first-order chi connectivity index (χ1) is 10.2. The molecule has 0 aliphatic heterocycles. The Balaban J connectivity index is 3.45. The smallest absolute Gasteiger partial charge is 0.0503 e. The van der Waals surface area contributed by atoms with Crippen molar-refractivity contribution in [3.63, 3.8) is 0 Å². The second kappa shape index (κ2) is 16.0. The summed E-state index contributed by atoms with van der Waals surface area (Å²) in [7, 11) is 4.46. The van der Waals surface area contributed by atoms with E-state index in [1.54, 1.807) is 0 Å². The minimum absolute atomic E-state index is 1.08. The molecule has 0 unspecified atom stereocenters. The molecule has 0 N–H and O–H groups in total. The Kier molecular flexibility index (Phi) is 15.8. The van der Waals surface area contributed by atoms with E-state index in [1.807, 2.05) is 0 Å². The topological polar surface area (TPSA) is 6.48 Å². The molecule has 2 nitrogen and oxygen atoms in total. The number of rotatable bonds is 15. The lowest BCUT2D eigenvalue weighted by atomic mass is 10.1. The summed E-state index contributed by atoms with van der Waals surface area (Å²) in [5, 5.41) is 0. The van der Waals surface area contributed by atoms with Crippen molar-refractivity contribution in [3.05, 3.63) is 12.2 Å². The third kappa shape index (κ3) is 15.9.